The summed E-state index contributed by atoms with van der Waals surface area (Å²) in [5.74, 6) is 0.960. The van der Waals surface area contributed by atoms with Gasteiger partial charge in [0.15, 0.2) is 0 Å². The predicted molar refractivity (Wildman–Crippen MR) is 102 cm³/mol. The van der Waals surface area contributed by atoms with Gasteiger partial charge >= 0.3 is 0 Å². The molecule has 0 aliphatic heterocycles. The SMILES string of the molecule is Clc1cccc(-c2nc(Cc3ccsc3)[nH]c2-c2ccccc2)c1. The molecule has 0 aliphatic carbocycles. The fraction of sp³-hybridized carbons (Fsp3) is 0.0500. The number of H-pyrrole nitrogens is 1. The van der Waals surface area contributed by atoms with Crippen molar-refractivity contribution in [2.75, 3.05) is 0 Å². The zero-order valence-corrected chi connectivity index (χ0v) is 14.4. The molecule has 2 nitrogen and oxygen atoms in total. The predicted octanol–water partition coefficient (Wildman–Crippen LogP) is 6.05. The lowest BCUT2D eigenvalue weighted by Crippen LogP contribution is -1.88. The van der Waals surface area contributed by atoms with E-state index in [4.69, 9.17) is 16.6 Å². The molecule has 2 aromatic carbocycles. The third kappa shape index (κ3) is 3.14. The van der Waals surface area contributed by atoms with E-state index in [-0.39, 0.29) is 0 Å². The van der Waals surface area contributed by atoms with Gasteiger partial charge in [0.2, 0.25) is 0 Å². The smallest absolute Gasteiger partial charge is 0.111 e. The third-order valence-electron chi connectivity index (χ3n) is 3.87. The number of thiophene rings is 1. The Morgan fingerprint density at radius 1 is 0.958 bits per heavy atom. The molecule has 4 heteroatoms. The molecule has 4 aromatic rings. The number of aromatic nitrogens is 2. The molecule has 118 valence electrons. The number of rotatable bonds is 4. The molecule has 0 saturated heterocycles. The highest BCUT2D eigenvalue weighted by atomic mass is 35.5. The van der Waals surface area contributed by atoms with Gasteiger partial charge in [0.1, 0.15) is 5.82 Å². The summed E-state index contributed by atoms with van der Waals surface area (Å²) in [7, 11) is 0. The van der Waals surface area contributed by atoms with Crippen LogP contribution in [0.4, 0.5) is 0 Å². The molecule has 0 amide bonds. The first kappa shape index (κ1) is 15.2. The Bertz CT molecular complexity index is 943. The van der Waals surface area contributed by atoms with Gasteiger partial charge in [-0.1, -0.05) is 54.1 Å². The molecule has 0 bridgehead atoms. The Hall–Kier alpha value is -2.36. The summed E-state index contributed by atoms with van der Waals surface area (Å²) in [5.41, 5.74) is 5.38. The number of benzene rings is 2. The Labute approximate surface area is 149 Å². The topological polar surface area (TPSA) is 28.7 Å². The quantitative estimate of drug-likeness (QED) is 0.477. The van der Waals surface area contributed by atoms with Crippen molar-refractivity contribution in [1.29, 1.82) is 0 Å². The van der Waals surface area contributed by atoms with Crippen LogP contribution in [-0.4, -0.2) is 9.97 Å². The van der Waals surface area contributed by atoms with Crippen LogP contribution in [0.3, 0.4) is 0 Å². The first-order valence-corrected chi connectivity index (χ1v) is 9.03. The van der Waals surface area contributed by atoms with E-state index < -0.39 is 0 Å². The molecule has 4 rings (SSSR count). The van der Waals surface area contributed by atoms with Crippen LogP contribution < -0.4 is 0 Å². The average molecular weight is 351 g/mol. The summed E-state index contributed by atoms with van der Waals surface area (Å²) >= 11 is 7.88. The van der Waals surface area contributed by atoms with E-state index in [0.29, 0.717) is 5.02 Å². The molecule has 0 atom stereocenters. The minimum Gasteiger partial charge on any atom is -0.341 e. The Balaban J connectivity index is 1.82. The largest absolute Gasteiger partial charge is 0.341 e. The van der Waals surface area contributed by atoms with Gasteiger partial charge in [0.05, 0.1) is 11.4 Å². The van der Waals surface area contributed by atoms with Gasteiger partial charge in [0.25, 0.3) is 0 Å². The molecule has 2 aromatic heterocycles. The minimum atomic E-state index is 0.717. The van der Waals surface area contributed by atoms with E-state index in [1.165, 1.54) is 5.56 Å². The Morgan fingerprint density at radius 2 is 1.79 bits per heavy atom. The van der Waals surface area contributed by atoms with E-state index in [9.17, 15) is 0 Å². The van der Waals surface area contributed by atoms with Crippen LogP contribution in [0.15, 0.2) is 71.4 Å². The second-order valence-corrected chi connectivity index (χ2v) is 6.81. The van der Waals surface area contributed by atoms with Gasteiger partial charge in [0, 0.05) is 22.6 Å². The lowest BCUT2D eigenvalue weighted by molar-refractivity contribution is 1.03. The van der Waals surface area contributed by atoms with Crippen LogP contribution in [0, 0.1) is 0 Å². The van der Waals surface area contributed by atoms with E-state index in [1.807, 2.05) is 42.5 Å². The van der Waals surface area contributed by atoms with Gasteiger partial charge in [-0.3, -0.25) is 0 Å². The van der Waals surface area contributed by atoms with Crippen molar-refractivity contribution in [2.45, 2.75) is 6.42 Å². The van der Waals surface area contributed by atoms with E-state index >= 15 is 0 Å². The lowest BCUT2D eigenvalue weighted by atomic mass is 10.1. The number of halogens is 1. The molecule has 1 N–H and O–H groups in total. The minimum absolute atomic E-state index is 0.717. The van der Waals surface area contributed by atoms with Crippen molar-refractivity contribution in [3.8, 4) is 22.5 Å². The highest BCUT2D eigenvalue weighted by Gasteiger charge is 2.14. The van der Waals surface area contributed by atoms with Gasteiger partial charge in [-0.2, -0.15) is 11.3 Å². The summed E-state index contributed by atoms with van der Waals surface area (Å²) < 4.78 is 0. The van der Waals surface area contributed by atoms with Crippen molar-refractivity contribution in [3.05, 3.63) is 87.8 Å². The monoisotopic (exact) mass is 350 g/mol. The Morgan fingerprint density at radius 3 is 2.54 bits per heavy atom. The standard InChI is InChI=1S/C20H15ClN2S/c21-17-8-4-7-16(12-17)20-19(15-5-2-1-3-6-15)22-18(23-20)11-14-9-10-24-13-14/h1-10,12-13H,11H2,(H,22,23). The second kappa shape index (κ2) is 6.63. The molecule has 2 heterocycles. The molecule has 0 unspecified atom stereocenters. The molecule has 0 aliphatic rings. The zero-order chi connectivity index (χ0) is 16.4. The molecular formula is C20H15ClN2S. The number of aromatic amines is 1. The van der Waals surface area contributed by atoms with Gasteiger partial charge in [-0.15, -0.1) is 0 Å². The van der Waals surface area contributed by atoms with Crippen molar-refractivity contribution in [1.82, 2.24) is 9.97 Å². The first-order chi connectivity index (χ1) is 11.8. The van der Waals surface area contributed by atoms with Gasteiger partial charge < -0.3 is 4.98 Å². The summed E-state index contributed by atoms with van der Waals surface area (Å²) in [5, 5.41) is 4.96. The number of hydrogen-bond donors (Lipinski definition) is 1. The summed E-state index contributed by atoms with van der Waals surface area (Å²) in [4.78, 5) is 8.37. The van der Waals surface area contributed by atoms with Crippen LogP contribution in [0.5, 0.6) is 0 Å². The highest BCUT2D eigenvalue weighted by Crippen LogP contribution is 2.31. The van der Waals surface area contributed by atoms with Crippen LogP contribution in [-0.2, 0) is 6.42 Å². The highest BCUT2D eigenvalue weighted by molar-refractivity contribution is 7.07. The number of nitrogens with one attached hydrogen (secondary N) is 1. The molecule has 24 heavy (non-hydrogen) atoms. The maximum Gasteiger partial charge on any atom is 0.111 e. The average Bonchev–Trinajstić information content (AvgIpc) is 3.26. The van der Waals surface area contributed by atoms with Crippen LogP contribution in [0.2, 0.25) is 5.02 Å². The second-order valence-electron chi connectivity index (χ2n) is 5.59. The zero-order valence-electron chi connectivity index (χ0n) is 12.9. The maximum atomic E-state index is 6.18. The number of nitrogens with zero attached hydrogens (tertiary/aromatic N) is 1. The molecule has 0 fully saturated rings. The van der Waals surface area contributed by atoms with Crippen LogP contribution in [0.25, 0.3) is 22.5 Å². The first-order valence-electron chi connectivity index (χ1n) is 7.71. The van der Waals surface area contributed by atoms with E-state index in [1.54, 1.807) is 11.3 Å². The fourth-order valence-corrected chi connectivity index (χ4v) is 3.61. The summed E-state index contributed by atoms with van der Waals surface area (Å²) in [6, 6.07) is 20.3. The molecular weight excluding hydrogens is 336 g/mol. The van der Waals surface area contributed by atoms with Crippen molar-refractivity contribution >= 4 is 22.9 Å². The summed E-state index contributed by atoms with van der Waals surface area (Å²) in [6.45, 7) is 0. The molecule has 0 radical (unpaired) electrons. The van der Waals surface area contributed by atoms with Crippen molar-refractivity contribution < 1.29 is 0 Å². The van der Waals surface area contributed by atoms with Gasteiger partial charge in [-0.05, 0) is 34.5 Å². The van der Waals surface area contributed by atoms with Crippen molar-refractivity contribution in [2.24, 2.45) is 0 Å². The van der Waals surface area contributed by atoms with E-state index in [2.05, 4.69) is 33.9 Å². The van der Waals surface area contributed by atoms with Gasteiger partial charge in [-0.25, -0.2) is 4.98 Å². The number of hydrogen-bond acceptors (Lipinski definition) is 2. The molecule has 0 saturated carbocycles. The Kier molecular flexibility index (Phi) is 4.20. The van der Waals surface area contributed by atoms with Crippen LogP contribution >= 0.6 is 22.9 Å². The van der Waals surface area contributed by atoms with E-state index in [0.717, 1.165) is 34.8 Å². The third-order valence-corrected chi connectivity index (χ3v) is 4.83. The molecule has 0 spiro atoms. The van der Waals surface area contributed by atoms with Crippen molar-refractivity contribution in [3.63, 3.8) is 0 Å². The number of imidazole rings is 1. The fourth-order valence-electron chi connectivity index (χ4n) is 2.75. The summed E-state index contributed by atoms with van der Waals surface area (Å²) in [6.07, 6.45) is 0.796. The lowest BCUT2D eigenvalue weighted by Gasteiger charge is -2.03. The normalized spacial score (nSPS) is 10.9. The van der Waals surface area contributed by atoms with Crippen LogP contribution in [0.1, 0.15) is 11.4 Å². The maximum absolute atomic E-state index is 6.18.